The molecule has 0 bridgehead atoms. The van der Waals surface area contributed by atoms with Gasteiger partial charge in [0.05, 0.1) is 5.69 Å². The van der Waals surface area contributed by atoms with Crippen LogP contribution in [0, 0.1) is 27.7 Å². The number of nitrogens with one attached hydrogen (secondary N) is 1. The maximum absolute atomic E-state index is 12.5. The highest BCUT2D eigenvalue weighted by atomic mass is 16.1. The van der Waals surface area contributed by atoms with Gasteiger partial charge in [-0.25, -0.2) is 4.68 Å². The fraction of sp³-hybridized carbons (Fsp3) is 0.417. The normalized spacial score (nSPS) is 13.6. The van der Waals surface area contributed by atoms with Crippen LogP contribution in [-0.2, 0) is 11.2 Å². The van der Waals surface area contributed by atoms with Crippen LogP contribution >= 0.6 is 0 Å². The van der Waals surface area contributed by atoms with Gasteiger partial charge < -0.3 is 10.2 Å². The highest BCUT2D eigenvalue weighted by Gasteiger charge is 2.17. The largest absolute Gasteiger partial charge is 0.355 e. The third-order valence-corrected chi connectivity index (χ3v) is 5.83. The highest BCUT2D eigenvalue weighted by Crippen LogP contribution is 2.21. The number of nitrogens with zero attached hydrogens (tertiary/aromatic N) is 5. The van der Waals surface area contributed by atoms with E-state index in [1.165, 1.54) is 12.8 Å². The molecule has 3 aromatic rings. The molecule has 4 rings (SSSR count). The summed E-state index contributed by atoms with van der Waals surface area (Å²) >= 11 is 0. The van der Waals surface area contributed by atoms with Crippen molar-refractivity contribution in [3.63, 3.8) is 0 Å². The summed E-state index contributed by atoms with van der Waals surface area (Å²) in [6, 6.07) is 10.1. The molecular formula is C24H30N6O. The predicted octanol–water partition coefficient (Wildman–Crippen LogP) is 4.07. The summed E-state index contributed by atoms with van der Waals surface area (Å²) in [7, 11) is 0. The predicted molar refractivity (Wildman–Crippen MR) is 123 cm³/mol. The Balaban J connectivity index is 1.43. The molecular weight excluding hydrogens is 388 g/mol. The zero-order chi connectivity index (χ0) is 22.0. The van der Waals surface area contributed by atoms with Crippen molar-refractivity contribution in [1.29, 1.82) is 0 Å². The molecule has 0 saturated carbocycles. The first-order chi connectivity index (χ1) is 14.9. The van der Waals surface area contributed by atoms with Crippen LogP contribution in [0.25, 0.3) is 5.82 Å². The third kappa shape index (κ3) is 4.76. The van der Waals surface area contributed by atoms with E-state index < -0.39 is 0 Å². The summed E-state index contributed by atoms with van der Waals surface area (Å²) in [5, 5.41) is 16.5. The summed E-state index contributed by atoms with van der Waals surface area (Å²) in [5.41, 5.74) is 6.13. The molecule has 2 aromatic heterocycles. The van der Waals surface area contributed by atoms with Gasteiger partial charge in [0.1, 0.15) is 0 Å². The van der Waals surface area contributed by atoms with Crippen LogP contribution < -0.4 is 10.2 Å². The Bertz CT molecular complexity index is 1060. The molecule has 1 amide bonds. The Morgan fingerprint density at radius 2 is 1.61 bits per heavy atom. The number of aryl methyl sites for hydroxylation is 3. The molecule has 1 aliphatic rings. The minimum atomic E-state index is 0.00584. The SMILES string of the molecule is Cc1cc(C)cc(NC(=O)CCc2c(C)nn(-c3ccc(N4CCCC4)nn3)c2C)c1. The van der Waals surface area contributed by atoms with Crippen molar-refractivity contribution in [2.24, 2.45) is 0 Å². The van der Waals surface area contributed by atoms with Crippen molar-refractivity contribution in [2.75, 3.05) is 23.3 Å². The molecule has 1 aromatic carbocycles. The number of amides is 1. The van der Waals surface area contributed by atoms with Gasteiger partial charge in [0.25, 0.3) is 0 Å². The van der Waals surface area contributed by atoms with E-state index in [-0.39, 0.29) is 5.91 Å². The Labute approximate surface area is 183 Å². The number of rotatable bonds is 6. The Morgan fingerprint density at radius 1 is 0.968 bits per heavy atom. The second-order valence-electron chi connectivity index (χ2n) is 8.43. The third-order valence-electron chi connectivity index (χ3n) is 5.83. The monoisotopic (exact) mass is 418 g/mol. The van der Waals surface area contributed by atoms with Crippen LogP contribution in [-0.4, -0.2) is 39.0 Å². The smallest absolute Gasteiger partial charge is 0.224 e. The van der Waals surface area contributed by atoms with Crippen LogP contribution in [0.5, 0.6) is 0 Å². The van der Waals surface area contributed by atoms with Gasteiger partial charge in [-0.15, -0.1) is 10.2 Å². The summed E-state index contributed by atoms with van der Waals surface area (Å²) < 4.78 is 1.83. The van der Waals surface area contributed by atoms with Gasteiger partial charge in [0.2, 0.25) is 5.91 Å². The molecule has 7 heteroatoms. The van der Waals surface area contributed by atoms with Gasteiger partial charge in [-0.1, -0.05) is 6.07 Å². The fourth-order valence-corrected chi connectivity index (χ4v) is 4.31. The first kappa shape index (κ1) is 21.0. The molecule has 1 fully saturated rings. The maximum Gasteiger partial charge on any atom is 0.224 e. The van der Waals surface area contributed by atoms with Crippen LogP contribution in [0.4, 0.5) is 11.5 Å². The van der Waals surface area contributed by atoms with E-state index in [2.05, 4.69) is 31.6 Å². The van der Waals surface area contributed by atoms with Gasteiger partial charge >= 0.3 is 0 Å². The number of benzene rings is 1. The molecule has 0 radical (unpaired) electrons. The van der Waals surface area contributed by atoms with Crippen molar-refractivity contribution in [2.45, 2.75) is 53.4 Å². The Morgan fingerprint density at radius 3 is 2.26 bits per heavy atom. The summed E-state index contributed by atoms with van der Waals surface area (Å²) in [6.07, 6.45) is 3.45. The molecule has 31 heavy (non-hydrogen) atoms. The standard InChI is InChI=1S/C24H30N6O/c1-16-13-17(2)15-20(14-16)25-24(31)10-7-21-18(3)28-30(19(21)4)23-9-8-22(26-27-23)29-11-5-6-12-29/h8-9,13-15H,5-7,10-12H2,1-4H3,(H,25,31). The average molecular weight is 419 g/mol. The van der Waals surface area contributed by atoms with E-state index in [1.54, 1.807) is 0 Å². The number of anilines is 2. The quantitative estimate of drug-likeness (QED) is 0.653. The van der Waals surface area contributed by atoms with Crippen molar-refractivity contribution in [3.8, 4) is 5.82 Å². The van der Waals surface area contributed by atoms with E-state index >= 15 is 0 Å². The molecule has 1 aliphatic heterocycles. The summed E-state index contributed by atoms with van der Waals surface area (Å²) in [4.78, 5) is 14.8. The van der Waals surface area contributed by atoms with Crippen LogP contribution in [0.1, 0.15) is 47.3 Å². The lowest BCUT2D eigenvalue weighted by atomic mass is 10.1. The van der Waals surface area contributed by atoms with Gasteiger partial charge in [-0.2, -0.15) is 5.10 Å². The second kappa shape index (κ2) is 8.88. The number of carbonyl (C=O) groups excluding carboxylic acids is 1. The molecule has 1 saturated heterocycles. The first-order valence-corrected chi connectivity index (χ1v) is 10.9. The topological polar surface area (TPSA) is 75.9 Å². The summed E-state index contributed by atoms with van der Waals surface area (Å²) in [5.74, 6) is 1.63. The van der Waals surface area contributed by atoms with Gasteiger partial charge in [0, 0.05) is 30.9 Å². The number of hydrogen-bond donors (Lipinski definition) is 1. The molecule has 0 spiro atoms. The van der Waals surface area contributed by atoms with Gasteiger partial charge in [-0.3, -0.25) is 4.79 Å². The molecule has 3 heterocycles. The number of hydrogen-bond acceptors (Lipinski definition) is 5. The number of carbonyl (C=O) groups is 1. The van der Waals surface area contributed by atoms with E-state index in [0.717, 1.165) is 52.7 Å². The van der Waals surface area contributed by atoms with Crippen LogP contribution in [0.2, 0.25) is 0 Å². The lowest BCUT2D eigenvalue weighted by Crippen LogP contribution is -2.19. The highest BCUT2D eigenvalue weighted by molar-refractivity contribution is 5.91. The fourth-order valence-electron chi connectivity index (χ4n) is 4.31. The molecule has 0 atom stereocenters. The van der Waals surface area contributed by atoms with Crippen molar-refractivity contribution >= 4 is 17.4 Å². The maximum atomic E-state index is 12.5. The van der Waals surface area contributed by atoms with Crippen LogP contribution in [0.15, 0.2) is 30.3 Å². The average Bonchev–Trinajstić information content (AvgIpc) is 3.35. The zero-order valence-electron chi connectivity index (χ0n) is 18.8. The molecule has 1 N–H and O–H groups in total. The molecule has 7 nitrogen and oxygen atoms in total. The van der Waals surface area contributed by atoms with Gasteiger partial charge in [-0.05, 0) is 87.9 Å². The van der Waals surface area contributed by atoms with Crippen molar-refractivity contribution in [1.82, 2.24) is 20.0 Å². The van der Waals surface area contributed by atoms with E-state index in [0.29, 0.717) is 18.7 Å². The second-order valence-corrected chi connectivity index (χ2v) is 8.43. The minimum absolute atomic E-state index is 0.00584. The van der Waals surface area contributed by atoms with E-state index in [9.17, 15) is 4.79 Å². The van der Waals surface area contributed by atoms with Crippen LogP contribution in [0.3, 0.4) is 0 Å². The summed E-state index contributed by atoms with van der Waals surface area (Å²) in [6.45, 7) is 10.2. The Kier molecular flexibility index (Phi) is 6.02. The molecule has 0 unspecified atom stereocenters. The lowest BCUT2D eigenvalue weighted by Gasteiger charge is -2.15. The number of aromatic nitrogens is 4. The first-order valence-electron chi connectivity index (χ1n) is 10.9. The van der Waals surface area contributed by atoms with E-state index in [1.807, 2.05) is 56.6 Å². The molecule has 162 valence electrons. The zero-order valence-corrected chi connectivity index (χ0v) is 18.8. The van der Waals surface area contributed by atoms with Gasteiger partial charge in [0.15, 0.2) is 11.6 Å². The minimum Gasteiger partial charge on any atom is -0.355 e. The molecule has 0 aliphatic carbocycles. The van der Waals surface area contributed by atoms with E-state index in [4.69, 9.17) is 0 Å². The van der Waals surface area contributed by atoms with Crippen molar-refractivity contribution < 1.29 is 4.79 Å². The Hall–Kier alpha value is -3.22. The van der Waals surface area contributed by atoms with Crippen molar-refractivity contribution in [3.05, 3.63) is 58.4 Å². The lowest BCUT2D eigenvalue weighted by molar-refractivity contribution is -0.116.